The standard InChI is InChI=1S/C16H17ClN4O/c1-18-14-7-15(22)21(12-2-3-13(17)19-8-12)16(20-14)11-5-9-4-10(9)6-11/h2-3,7-11,18H,4-6H2,1H3/t9-,10+,11+. The Labute approximate surface area is 133 Å². The molecule has 4 rings (SSSR count). The van der Waals surface area contributed by atoms with Crippen molar-refractivity contribution in [3.63, 3.8) is 0 Å². The topological polar surface area (TPSA) is 59.8 Å². The maximum atomic E-state index is 12.6. The van der Waals surface area contributed by atoms with Gasteiger partial charge in [-0.3, -0.25) is 9.36 Å². The molecule has 0 bridgehead atoms. The van der Waals surface area contributed by atoms with Crippen molar-refractivity contribution in [2.75, 3.05) is 12.4 Å². The molecule has 0 aliphatic heterocycles. The number of pyridine rings is 1. The van der Waals surface area contributed by atoms with Crippen molar-refractivity contribution < 1.29 is 0 Å². The number of anilines is 1. The van der Waals surface area contributed by atoms with Crippen molar-refractivity contribution in [2.24, 2.45) is 11.8 Å². The molecule has 5 nitrogen and oxygen atoms in total. The fourth-order valence-corrected chi connectivity index (χ4v) is 3.70. The molecule has 22 heavy (non-hydrogen) atoms. The number of nitrogens with zero attached hydrogens (tertiary/aromatic N) is 3. The van der Waals surface area contributed by atoms with Crippen LogP contribution in [0.5, 0.6) is 0 Å². The summed E-state index contributed by atoms with van der Waals surface area (Å²) in [4.78, 5) is 21.3. The van der Waals surface area contributed by atoms with Gasteiger partial charge in [0.2, 0.25) is 0 Å². The van der Waals surface area contributed by atoms with Crippen LogP contribution < -0.4 is 10.9 Å². The zero-order valence-corrected chi connectivity index (χ0v) is 13.0. The van der Waals surface area contributed by atoms with Gasteiger partial charge in [0.1, 0.15) is 16.8 Å². The number of hydrogen-bond acceptors (Lipinski definition) is 4. The molecular weight excluding hydrogens is 300 g/mol. The summed E-state index contributed by atoms with van der Waals surface area (Å²) in [5, 5.41) is 3.40. The van der Waals surface area contributed by atoms with Crippen LogP contribution in [0, 0.1) is 11.8 Å². The molecule has 1 N–H and O–H groups in total. The second-order valence-electron chi connectivity index (χ2n) is 6.19. The molecule has 2 aliphatic carbocycles. The lowest BCUT2D eigenvalue weighted by atomic mass is 10.0. The third kappa shape index (κ3) is 2.29. The van der Waals surface area contributed by atoms with Crippen LogP contribution in [0.4, 0.5) is 5.82 Å². The Morgan fingerprint density at radius 1 is 1.27 bits per heavy atom. The molecule has 2 aromatic heterocycles. The van der Waals surface area contributed by atoms with Crippen molar-refractivity contribution in [3.8, 4) is 5.69 Å². The van der Waals surface area contributed by atoms with E-state index >= 15 is 0 Å². The van der Waals surface area contributed by atoms with E-state index in [2.05, 4.69) is 15.3 Å². The first kappa shape index (κ1) is 13.8. The van der Waals surface area contributed by atoms with Gasteiger partial charge < -0.3 is 5.32 Å². The predicted octanol–water partition coefficient (Wildman–Crippen LogP) is 2.84. The molecule has 2 fully saturated rings. The van der Waals surface area contributed by atoms with Crippen molar-refractivity contribution in [1.82, 2.24) is 14.5 Å². The fourth-order valence-electron chi connectivity index (χ4n) is 3.59. The van der Waals surface area contributed by atoms with Crippen LogP contribution in [0.2, 0.25) is 5.15 Å². The Kier molecular flexibility index (Phi) is 3.18. The molecule has 0 unspecified atom stereocenters. The monoisotopic (exact) mass is 316 g/mol. The van der Waals surface area contributed by atoms with Gasteiger partial charge in [0.05, 0.1) is 11.9 Å². The molecule has 0 spiro atoms. The summed E-state index contributed by atoms with van der Waals surface area (Å²) in [6.45, 7) is 0. The minimum Gasteiger partial charge on any atom is -0.373 e. The molecule has 2 heterocycles. The van der Waals surface area contributed by atoms with Gasteiger partial charge in [0.25, 0.3) is 5.56 Å². The average molecular weight is 317 g/mol. The normalized spacial score (nSPS) is 25.8. The highest BCUT2D eigenvalue weighted by Gasteiger charge is 2.47. The van der Waals surface area contributed by atoms with Crippen LogP contribution >= 0.6 is 11.6 Å². The van der Waals surface area contributed by atoms with E-state index < -0.39 is 0 Å². The van der Waals surface area contributed by atoms with Crippen LogP contribution in [-0.4, -0.2) is 21.6 Å². The summed E-state index contributed by atoms with van der Waals surface area (Å²) in [7, 11) is 1.78. The van der Waals surface area contributed by atoms with E-state index in [0.29, 0.717) is 16.9 Å². The smallest absolute Gasteiger partial charge is 0.260 e. The lowest BCUT2D eigenvalue weighted by Gasteiger charge is -2.18. The predicted molar refractivity (Wildman–Crippen MR) is 85.8 cm³/mol. The highest BCUT2D eigenvalue weighted by Crippen LogP contribution is 2.57. The molecule has 2 aliphatic rings. The number of halogens is 1. The Hall–Kier alpha value is -1.88. The summed E-state index contributed by atoms with van der Waals surface area (Å²) in [6.07, 6.45) is 5.23. The molecule has 6 heteroatoms. The van der Waals surface area contributed by atoms with E-state index in [0.717, 1.165) is 36.2 Å². The third-order valence-electron chi connectivity index (χ3n) is 4.78. The summed E-state index contributed by atoms with van der Waals surface area (Å²) < 4.78 is 1.68. The van der Waals surface area contributed by atoms with Gasteiger partial charge in [-0.2, -0.15) is 0 Å². The number of nitrogens with one attached hydrogen (secondary N) is 1. The quantitative estimate of drug-likeness (QED) is 0.885. The van der Waals surface area contributed by atoms with Gasteiger partial charge in [0.15, 0.2) is 0 Å². The van der Waals surface area contributed by atoms with Crippen molar-refractivity contribution >= 4 is 17.4 Å². The average Bonchev–Trinajstić information content (AvgIpc) is 3.13. The lowest BCUT2D eigenvalue weighted by molar-refractivity contribution is 0.569. The maximum Gasteiger partial charge on any atom is 0.260 e. The molecule has 0 amide bonds. The highest BCUT2D eigenvalue weighted by atomic mass is 35.5. The van der Waals surface area contributed by atoms with Crippen LogP contribution in [-0.2, 0) is 0 Å². The highest BCUT2D eigenvalue weighted by molar-refractivity contribution is 6.29. The van der Waals surface area contributed by atoms with Crippen molar-refractivity contribution in [2.45, 2.75) is 25.2 Å². The Bertz CT molecular complexity index is 761. The minimum atomic E-state index is -0.0842. The largest absolute Gasteiger partial charge is 0.373 e. The van der Waals surface area contributed by atoms with E-state index in [-0.39, 0.29) is 5.56 Å². The summed E-state index contributed by atoms with van der Waals surface area (Å²) >= 11 is 5.85. The van der Waals surface area contributed by atoms with E-state index in [9.17, 15) is 4.79 Å². The van der Waals surface area contributed by atoms with Crippen LogP contribution in [0.25, 0.3) is 5.69 Å². The SMILES string of the molecule is CNc1cc(=O)n(-c2ccc(Cl)nc2)c([C@@H]2C[C@@H]3C[C@@H]3C2)n1. The first-order chi connectivity index (χ1) is 10.7. The van der Waals surface area contributed by atoms with E-state index in [1.807, 2.05) is 6.07 Å². The molecular formula is C16H17ClN4O. The molecule has 2 aromatic rings. The molecule has 114 valence electrons. The Morgan fingerprint density at radius 2 is 2.05 bits per heavy atom. The fraction of sp³-hybridized carbons (Fsp3) is 0.438. The van der Waals surface area contributed by atoms with Gasteiger partial charge >= 0.3 is 0 Å². The first-order valence-corrected chi connectivity index (χ1v) is 7.97. The molecule has 2 saturated carbocycles. The zero-order valence-electron chi connectivity index (χ0n) is 12.3. The van der Waals surface area contributed by atoms with Crippen molar-refractivity contribution in [3.05, 3.63) is 45.7 Å². The van der Waals surface area contributed by atoms with Gasteiger partial charge in [0, 0.05) is 19.0 Å². The number of hydrogen-bond donors (Lipinski definition) is 1. The van der Waals surface area contributed by atoms with E-state index in [1.54, 1.807) is 23.9 Å². The second-order valence-corrected chi connectivity index (χ2v) is 6.57. The zero-order chi connectivity index (χ0) is 15.3. The van der Waals surface area contributed by atoms with Crippen LogP contribution in [0.3, 0.4) is 0 Å². The van der Waals surface area contributed by atoms with E-state index in [4.69, 9.17) is 11.6 Å². The molecule has 0 aromatic carbocycles. The summed E-state index contributed by atoms with van der Waals surface area (Å²) in [6, 6.07) is 5.04. The number of rotatable bonds is 3. The lowest BCUT2D eigenvalue weighted by Crippen LogP contribution is -2.25. The van der Waals surface area contributed by atoms with Gasteiger partial charge in [-0.25, -0.2) is 9.97 Å². The van der Waals surface area contributed by atoms with Crippen LogP contribution in [0.15, 0.2) is 29.2 Å². The van der Waals surface area contributed by atoms with Gasteiger partial charge in [-0.05, 0) is 43.2 Å². The summed E-state index contributed by atoms with van der Waals surface area (Å²) in [5.41, 5.74) is 0.638. The first-order valence-electron chi connectivity index (χ1n) is 7.59. The van der Waals surface area contributed by atoms with Gasteiger partial charge in [-0.15, -0.1) is 0 Å². The second kappa shape index (κ2) is 5.09. The van der Waals surface area contributed by atoms with Crippen molar-refractivity contribution in [1.29, 1.82) is 0 Å². The maximum absolute atomic E-state index is 12.6. The Morgan fingerprint density at radius 3 is 2.68 bits per heavy atom. The summed E-state index contributed by atoms with van der Waals surface area (Å²) in [5.74, 6) is 3.47. The van der Waals surface area contributed by atoms with Gasteiger partial charge in [-0.1, -0.05) is 11.6 Å². The van der Waals surface area contributed by atoms with E-state index in [1.165, 1.54) is 12.5 Å². The molecule has 3 atom stereocenters. The molecule has 0 saturated heterocycles. The number of fused-ring (bicyclic) bond motifs is 1. The molecule has 0 radical (unpaired) electrons. The minimum absolute atomic E-state index is 0.0842. The van der Waals surface area contributed by atoms with Crippen LogP contribution in [0.1, 0.15) is 31.0 Å². The number of aromatic nitrogens is 3. The third-order valence-corrected chi connectivity index (χ3v) is 5.00. The Balaban J connectivity index is 1.84.